The van der Waals surface area contributed by atoms with Crippen molar-refractivity contribution in [2.24, 2.45) is 11.8 Å². The molecule has 2 unspecified atom stereocenters. The number of rotatable bonds is 3. The minimum atomic E-state index is 0.623. The lowest BCUT2D eigenvalue weighted by molar-refractivity contribution is 0.268. The van der Waals surface area contributed by atoms with Gasteiger partial charge in [-0.3, -0.25) is 0 Å². The third-order valence-corrected chi connectivity index (χ3v) is 4.59. The Morgan fingerprint density at radius 1 is 1.11 bits per heavy atom. The Bertz CT molecular complexity index is 415. The molecule has 0 bridgehead atoms. The Balaban J connectivity index is 2.14. The number of anilines is 2. The number of aryl methyl sites for hydroxylation is 1. The molecule has 0 aromatic heterocycles. The van der Waals surface area contributed by atoms with Crippen molar-refractivity contribution in [3.05, 3.63) is 23.8 Å². The van der Waals surface area contributed by atoms with E-state index in [0.29, 0.717) is 6.04 Å². The van der Waals surface area contributed by atoms with E-state index < -0.39 is 0 Å². The fourth-order valence-corrected chi connectivity index (χ4v) is 3.23. The highest BCUT2D eigenvalue weighted by molar-refractivity contribution is 5.60. The van der Waals surface area contributed by atoms with Crippen LogP contribution in [-0.4, -0.2) is 20.1 Å². The van der Waals surface area contributed by atoms with Crippen LogP contribution >= 0.6 is 0 Å². The van der Waals surface area contributed by atoms with Gasteiger partial charge < -0.3 is 10.2 Å². The molecular weight excluding hydrogens is 232 g/mol. The topological polar surface area (TPSA) is 15.3 Å². The molecule has 1 aliphatic carbocycles. The van der Waals surface area contributed by atoms with Gasteiger partial charge in [-0.1, -0.05) is 20.3 Å². The van der Waals surface area contributed by atoms with Crippen molar-refractivity contribution in [1.29, 1.82) is 0 Å². The predicted octanol–water partition coefficient (Wildman–Crippen LogP) is 4.30. The molecule has 0 saturated heterocycles. The summed E-state index contributed by atoms with van der Waals surface area (Å²) in [5.41, 5.74) is 3.92. The molecule has 2 rings (SSSR count). The van der Waals surface area contributed by atoms with E-state index in [2.05, 4.69) is 63.3 Å². The summed E-state index contributed by atoms with van der Waals surface area (Å²) in [5.74, 6) is 1.55. The number of hydrogen-bond acceptors (Lipinski definition) is 2. The molecule has 0 heterocycles. The summed E-state index contributed by atoms with van der Waals surface area (Å²) >= 11 is 0. The molecule has 1 N–H and O–H groups in total. The second-order valence-corrected chi connectivity index (χ2v) is 6.45. The average Bonchev–Trinajstić information content (AvgIpc) is 2.35. The van der Waals surface area contributed by atoms with Gasteiger partial charge in [-0.2, -0.15) is 0 Å². The predicted molar refractivity (Wildman–Crippen MR) is 85.1 cm³/mol. The van der Waals surface area contributed by atoms with E-state index in [1.165, 1.54) is 36.2 Å². The monoisotopic (exact) mass is 260 g/mol. The smallest absolute Gasteiger partial charge is 0.0373 e. The first-order valence-corrected chi connectivity index (χ1v) is 7.53. The van der Waals surface area contributed by atoms with Crippen molar-refractivity contribution in [3.8, 4) is 0 Å². The van der Waals surface area contributed by atoms with E-state index in [0.717, 1.165) is 11.8 Å². The minimum absolute atomic E-state index is 0.623. The zero-order chi connectivity index (χ0) is 14.0. The Labute approximate surface area is 118 Å². The van der Waals surface area contributed by atoms with Crippen molar-refractivity contribution in [2.45, 2.75) is 46.1 Å². The van der Waals surface area contributed by atoms with E-state index in [9.17, 15) is 0 Å². The molecule has 0 aliphatic heterocycles. The van der Waals surface area contributed by atoms with Crippen molar-refractivity contribution >= 4 is 11.4 Å². The summed E-state index contributed by atoms with van der Waals surface area (Å²) in [5, 5.41) is 3.80. The van der Waals surface area contributed by atoms with Crippen LogP contribution in [0.15, 0.2) is 18.2 Å². The van der Waals surface area contributed by atoms with E-state index in [1.54, 1.807) is 0 Å². The fraction of sp³-hybridized carbons (Fsp3) is 0.647. The van der Waals surface area contributed by atoms with Gasteiger partial charge >= 0.3 is 0 Å². The van der Waals surface area contributed by atoms with Gasteiger partial charge in [0.1, 0.15) is 0 Å². The summed E-state index contributed by atoms with van der Waals surface area (Å²) in [4.78, 5) is 2.16. The zero-order valence-electron chi connectivity index (χ0n) is 13.0. The van der Waals surface area contributed by atoms with E-state index in [-0.39, 0.29) is 0 Å². The largest absolute Gasteiger partial charge is 0.382 e. The minimum Gasteiger partial charge on any atom is -0.382 e. The number of benzene rings is 1. The SMILES string of the molecule is Cc1cc(N(C)C)ccc1NC1C(C)CCCC1C. The first kappa shape index (κ1) is 14.2. The Hall–Kier alpha value is -1.18. The van der Waals surface area contributed by atoms with Gasteiger partial charge in [-0.05, 0) is 55.4 Å². The molecule has 1 saturated carbocycles. The maximum atomic E-state index is 3.80. The van der Waals surface area contributed by atoms with Crippen LogP contribution in [0.1, 0.15) is 38.7 Å². The van der Waals surface area contributed by atoms with Gasteiger partial charge in [0.25, 0.3) is 0 Å². The van der Waals surface area contributed by atoms with Crippen LogP contribution in [0, 0.1) is 18.8 Å². The van der Waals surface area contributed by atoms with Crippen LogP contribution in [0.3, 0.4) is 0 Å². The highest BCUT2D eigenvalue weighted by Gasteiger charge is 2.27. The van der Waals surface area contributed by atoms with Gasteiger partial charge in [0.15, 0.2) is 0 Å². The van der Waals surface area contributed by atoms with Gasteiger partial charge in [0.05, 0.1) is 0 Å². The summed E-state index contributed by atoms with van der Waals surface area (Å²) < 4.78 is 0. The molecule has 106 valence electrons. The van der Waals surface area contributed by atoms with Crippen LogP contribution in [0.5, 0.6) is 0 Å². The average molecular weight is 260 g/mol. The molecular formula is C17H28N2. The van der Waals surface area contributed by atoms with Crippen LogP contribution in [-0.2, 0) is 0 Å². The molecule has 1 aromatic carbocycles. The van der Waals surface area contributed by atoms with Crippen LogP contribution in [0.25, 0.3) is 0 Å². The molecule has 1 aromatic rings. The third kappa shape index (κ3) is 3.23. The molecule has 2 heteroatoms. The lowest BCUT2D eigenvalue weighted by Crippen LogP contribution is -2.37. The van der Waals surface area contributed by atoms with Crippen LogP contribution in [0.2, 0.25) is 0 Å². The second kappa shape index (κ2) is 5.85. The van der Waals surface area contributed by atoms with Crippen molar-refractivity contribution in [3.63, 3.8) is 0 Å². The summed E-state index contributed by atoms with van der Waals surface area (Å²) in [7, 11) is 4.18. The molecule has 2 nitrogen and oxygen atoms in total. The van der Waals surface area contributed by atoms with E-state index in [1.807, 2.05) is 0 Å². The first-order chi connectivity index (χ1) is 8.99. The number of nitrogens with zero attached hydrogens (tertiary/aromatic N) is 1. The van der Waals surface area contributed by atoms with Gasteiger partial charge in [-0.25, -0.2) is 0 Å². The lowest BCUT2D eigenvalue weighted by atomic mass is 9.78. The Morgan fingerprint density at radius 3 is 2.26 bits per heavy atom. The van der Waals surface area contributed by atoms with Crippen LogP contribution in [0.4, 0.5) is 11.4 Å². The maximum absolute atomic E-state index is 3.80. The molecule has 2 atom stereocenters. The van der Waals surface area contributed by atoms with Crippen LogP contribution < -0.4 is 10.2 Å². The highest BCUT2D eigenvalue weighted by atomic mass is 15.1. The van der Waals surface area contributed by atoms with Crippen molar-refractivity contribution in [2.75, 3.05) is 24.3 Å². The van der Waals surface area contributed by atoms with Gasteiger partial charge in [0, 0.05) is 31.5 Å². The molecule has 0 spiro atoms. The van der Waals surface area contributed by atoms with Crippen molar-refractivity contribution in [1.82, 2.24) is 0 Å². The molecule has 0 radical (unpaired) electrons. The standard InChI is InChI=1S/C17H28N2/c1-12-7-6-8-13(2)17(12)18-16-10-9-15(19(4)5)11-14(16)3/h9-13,17-18H,6-8H2,1-5H3. The van der Waals surface area contributed by atoms with Crippen molar-refractivity contribution < 1.29 is 0 Å². The number of nitrogens with one attached hydrogen (secondary N) is 1. The highest BCUT2D eigenvalue weighted by Crippen LogP contribution is 2.32. The number of hydrogen-bond donors (Lipinski definition) is 1. The molecule has 0 amide bonds. The summed E-state index contributed by atoms with van der Waals surface area (Å²) in [6, 6.07) is 7.32. The maximum Gasteiger partial charge on any atom is 0.0373 e. The third-order valence-electron chi connectivity index (χ3n) is 4.59. The zero-order valence-corrected chi connectivity index (χ0v) is 13.0. The van der Waals surface area contributed by atoms with E-state index in [4.69, 9.17) is 0 Å². The quantitative estimate of drug-likeness (QED) is 0.871. The summed E-state index contributed by atoms with van der Waals surface area (Å²) in [6.07, 6.45) is 4.10. The first-order valence-electron chi connectivity index (χ1n) is 7.53. The lowest BCUT2D eigenvalue weighted by Gasteiger charge is -2.36. The molecule has 19 heavy (non-hydrogen) atoms. The fourth-order valence-electron chi connectivity index (χ4n) is 3.23. The van der Waals surface area contributed by atoms with E-state index >= 15 is 0 Å². The second-order valence-electron chi connectivity index (χ2n) is 6.45. The molecule has 1 fully saturated rings. The van der Waals surface area contributed by atoms with Gasteiger partial charge in [0.2, 0.25) is 0 Å². The Morgan fingerprint density at radius 2 is 1.74 bits per heavy atom. The molecule has 1 aliphatic rings. The Kier molecular flexibility index (Phi) is 4.38. The summed E-state index contributed by atoms with van der Waals surface area (Å²) in [6.45, 7) is 6.97. The van der Waals surface area contributed by atoms with Gasteiger partial charge in [-0.15, -0.1) is 0 Å². The normalized spacial score (nSPS) is 27.1.